The molecule has 0 aliphatic carbocycles. The number of nitrogens with zero attached hydrogens (tertiary/aromatic N) is 2. The van der Waals surface area contributed by atoms with Crippen LogP contribution in [0.25, 0.3) is 0 Å². The fourth-order valence-electron chi connectivity index (χ4n) is 2.41. The first-order valence-electron chi connectivity index (χ1n) is 7.32. The summed E-state index contributed by atoms with van der Waals surface area (Å²) in [5, 5.41) is 12.0. The third-order valence-electron chi connectivity index (χ3n) is 3.64. The van der Waals surface area contributed by atoms with Crippen LogP contribution < -0.4 is 5.32 Å². The van der Waals surface area contributed by atoms with Crippen LogP contribution in [-0.2, 0) is 16.1 Å². The number of aromatic amines is 1. The van der Waals surface area contributed by atoms with E-state index in [9.17, 15) is 4.79 Å². The molecule has 2 N–H and O–H groups in total. The molecule has 0 spiro atoms. The lowest BCUT2D eigenvalue weighted by Crippen LogP contribution is -2.34. The summed E-state index contributed by atoms with van der Waals surface area (Å²) in [6.45, 7) is 7.02. The highest BCUT2D eigenvalue weighted by molar-refractivity contribution is 5.76. The lowest BCUT2D eigenvalue weighted by Gasteiger charge is -2.25. The van der Waals surface area contributed by atoms with Crippen molar-refractivity contribution in [3.63, 3.8) is 0 Å². The average molecular weight is 280 g/mol. The first-order chi connectivity index (χ1) is 9.66. The molecule has 0 saturated carbocycles. The van der Waals surface area contributed by atoms with E-state index >= 15 is 0 Å². The van der Waals surface area contributed by atoms with Crippen LogP contribution in [0.3, 0.4) is 0 Å². The summed E-state index contributed by atoms with van der Waals surface area (Å²) < 4.78 is 0. The van der Waals surface area contributed by atoms with Gasteiger partial charge in [0.1, 0.15) is 0 Å². The molecule has 1 aromatic rings. The smallest absolute Gasteiger partial charge is 0.221 e. The van der Waals surface area contributed by atoms with E-state index < -0.39 is 0 Å². The molecule has 2 rings (SSSR count). The van der Waals surface area contributed by atoms with Gasteiger partial charge in [0.25, 0.3) is 0 Å². The van der Waals surface area contributed by atoms with Crippen molar-refractivity contribution in [2.75, 3.05) is 26.2 Å². The van der Waals surface area contributed by atoms with Crippen molar-refractivity contribution >= 4 is 5.91 Å². The highest BCUT2D eigenvalue weighted by Crippen LogP contribution is 2.09. The molecule has 1 amide bonds. The number of amides is 1. The number of rotatable bonds is 6. The first-order valence-corrected chi connectivity index (χ1v) is 7.32. The SMILES string of the molecule is Cc1n[nH]c(C)c1CCNC(=O)CCN1CCCCO1. The maximum atomic E-state index is 11.8. The van der Waals surface area contributed by atoms with Gasteiger partial charge in [0.15, 0.2) is 0 Å². The Morgan fingerprint density at radius 1 is 1.45 bits per heavy atom. The van der Waals surface area contributed by atoms with Gasteiger partial charge in [-0.25, -0.2) is 0 Å². The predicted octanol–water partition coefficient (Wildman–Crippen LogP) is 1.10. The fourth-order valence-corrected chi connectivity index (χ4v) is 2.41. The van der Waals surface area contributed by atoms with E-state index in [-0.39, 0.29) is 5.91 Å². The number of nitrogens with one attached hydrogen (secondary N) is 2. The Labute approximate surface area is 119 Å². The molecule has 6 nitrogen and oxygen atoms in total. The Morgan fingerprint density at radius 2 is 2.30 bits per heavy atom. The van der Waals surface area contributed by atoms with Gasteiger partial charge in [-0.05, 0) is 38.7 Å². The van der Waals surface area contributed by atoms with Gasteiger partial charge in [-0.3, -0.25) is 14.7 Å². The van der Waals surface area contributed by atoms with Crippen LogP contribution in [0.1, 0.15) is 36.2 Å². The second-order valence-electron chi connectivity index (χ2n) is 5.23. The number of aromatic nitrogens is 2. The molecule has 1 aromatic heterocycles. The Hall–Kier alpha value is -1.40. The van der Waals surface area contributed by atoms with Crippen molar-refractivity contribution in [1.29, 1.82) is 0 Å². The third-order valence-corrected chi connectivity index (χ3v) is 3.64. The highest BCUT2D eigenvalue weighted by atomic mass is 16.7. The molecule has 0 atom stereocenters. The van der Waals surface area contributed by atoms with Crippen LogP contribution in [0, 0.1) is 13.8 Å². The van der Waals surface area contributed by atoms with Crippen LogP contribution in [0.15, 0.2) is 0 Å². The Balaban J connectivity index is 1.62. The molecular formula is C14H24N4O2. The standard InChI is InChI=1S/C14H24N4O2/c1-11-13(12(2)17-16-11)5-7-15-14(19)6-9-18-8-3-4-10-20-18/h3-10H2,1-2H3,(H,15,19)(H,16,17). The number of carbonyl (C=O) groups is 1. The van der Waals surface area contributed by atoms with Crippen molar-refractivity contribution in [3.8, 4) is 0 Å². The molecule has 0 radical (unpaired) electrons. The molecular weight excluding hydrogens is 256 g/mol. The third kappa shape index (κ3) is 4.31. The van der Waals surface area contributed by atoms with Crippen molar-refractivity contribution in [3.05, 3.63) is 17.0 Å². The molecule has 1 aliphatic rings. The minimum absolute atomic E-state index is 0.0815. The molecule has 112 valence electrons. The van der Waals surface area contributed by atoms with Crippen LogP contribution in [0.2, 0.25) is 0 Å². The highest BCUT2D eigenvalue weighted by Gasteiger charge is 2.12. The van der Waals surface area contributed by atoms with Gasteiger partial charge < -0.3 is 5.32 Å². The summed E-state index contributed by atoms with van der Waals surface area (Å²) in [5.41, 5.74) is 3.29. The number of hydrogen-bond acceptors (Lipinski definition) is 4. The summed E-state index contributed by atoms with van der Waals surface area (Å²) in [5.74, 6) is 0.0815. The number of aryl methyl sites for hydroxylation is 2. The van der Waals surface area contributed by atoms with Gasteiger partial charge in [-0.15, -0.1) is 0 Å². The molecule has 2 heterocycles. The zero-order valence-electron chi connectivity index (χ0n) is 12.4. The Bertz CT molecular complexity index is 419. The molecule has 0 aromatic carbocycles. The zero-order valence-corrected chi connectivity index (χ0v) is 12.4. The maximum absolute atomic E-state index is 11.8. The summed E-state index contributed by atoms with van der Waals surface area (Å²) in [4.78, 5) is 17.2. The maximum Gasteiger partial charge on any atom is 0.221 e. The Kier molecular flexibility index (Phi) is 5.55. The minimum Gasteiger partial charge on any atom is -0.356 e. The van der Waals surface area contributed by atoms with E-state index in [1.165, 1.54) is 5.56 Å². The molecule has 1 fully saturated rings. The van der Waals surface area contributed by atoms with E-state index in [1.54, 1.807) is 0 Å². The topological polar surface area (TPSA) is 70.2 Å². The molecule has 20 heavy (non-hydrogen) atoms. The quantitative estimate of drug-likeness (QED) is 0.819. The molecule has 1 saturated heterocycles. The van der Waals surface area contributed by atoms with Crippen LogP contribution >= 0.6 is 0 Å². The number of H-pyrrole nitrogens is 1. The van der Waals surface area contributed by atoms with Gasteiger partial charge in [0.2, 0.25) is 5.91 Å². The predicted molar refractivity (Wildman–Crippen MR) is 76.2 cm³/mol. The second kappa shape index (κ2) is 7.40. The van der Waals surface area contributed by atoms with Gasteiger partial charge in [-0.2, -0.15) is 10.2 Å². The second-order valence-corrected chi connectivity index (χ2v) is 5.23. The Morgan fingerprint density at radius 3 is 2.95 bits per heavy atom. The van der Waals surface area contributed by atoms with E-state index in [0.29, 0.717) is 19.5 Å². The average Bonchev–Trinajstić information content (AvgIpc) is 2.78. The first kappa shape index (κ1) is 15.0. The lowest BCUT2D eigenvalue weighted by molar-refractivity contribution is -0.181. The van der Waals surface area contributed by atoms with Crippen LogP contribution in [-0.4, -0.2) is 47.4 Å². The number of hydroxylamine groups is 2. The van der Waals surface area contributed by atoms with E-state index in [1.807, 2.05) is 18.9 Å². The van der Waals surface area contributed by atoms with Crippen molar-refractivity contribution in [1.82, 2.24) is 20.6 Å². The van der Waals surface area contributed by atoms with Gasteiger partial charge in [-0.1, -0.05) is 0 Å². The summed E-state index contributed by atoms with van der Waals surface area (Å²) >= 11 is 0. The zero-order chi connectivity index (χ0) is 14.4. The largest absolute Gasteiger partial charge is 0.356 e. The van der Waals surface area contributed by atoms with Crippen LogP contribution in [0.4, 0.5) is 0 Å². The fraction of sp³-hybridized carbons (Fsp3) is 0.714. The van der Waals surface area contributed by atoms with Crippen molar-refractivity contribution in [2.45, 2.75) is 39.5 Å². The van der Waals surface area contributed by atoms with Crippen molar-refractivity contribution in [2.24, 2.45) is 0 Å². The van der Waals surface area contributed by atoms with E-state index in [4.69, 9.17) is 4.84 Å². The van der Waals surface area contributed by atoms with Gasteiger partial charge >= 0.3 is 0 Å². The molecule has 6 heteroatoms. The number of carbonyl (C=O) groups excluding carboxylic acids is 1. The van der Waals surface area contributed by atoms with Crippen molar-refractivity contribution < 1.29 is 9.63 Å². The molecule has 0 bridgehead atoms. The monoisotopic (exact) mass is 280 g/mol. The van der Waals surface area contributed by atoms with Gasteiger partial charge in [0, 0.05) is 31.7 Å². The normalized spacial score (nSPS) is 16.3. The summed E-state index contributed by atoms with van der Waals surface area (Å²) in [6, 6.07) is 0. The summed E-state index contributed by atoms with van der Waals surface area (Å²) in [6.07, 6.45) is 3.58. The van der Waals surface area contributed by atoms with Gasteiger partial charge in [0.05, 0.1) is 12.3 Å². The van der Waals surface area contributed by atoms with E-state index in [0.717, 1.165) is 43.8 Å². The van der Waals surface area contributed by atoms with E-state index in [2.05, 4.69) is 15.5 Å². The van der Waals surface area contributed by atoms with Crippen LogP contribution in [0.5, 0.6) is 0 Å². The molecule has 1 aliphatic heterocycles. The lowest BCUT2D eigenvalue weighted by atomic mass is 10.1. The summed E-state index contributed by atoms with van der Waals surface area (Å²) in [7, 11) is 0. The number of hydrogen-bond donors (Lipinski definition) is 2. The minimum atomic E-state index is 0.0815. The molecule has 0 unspecified atom stereocenters.